The third kappa shape index (κ3) is 5.27. The van der Waals surface area contributed by atoms with Gasteiger partial charge >= 0.3 is 11.9 Å². The molecule has 0 radical (unpaired) electrons. The molecule has 0 saturated carbocycles. The average Bonchev–Trinajstić information content (AvgIpc) is 3.69. The Bertz CT molecular complexity index is 2300. The lowest BCUT2D eigenvalue weighted by molar-refractivity contribution is -0.164. The minimum absolute atomic E-state index is 0.00814. The Morgan fingerprint density at radius 3 is 2.53 bits per heavy atom. The number of phenolic OH excluding ortho intramolecular Hbond substituents is 2. The highest BCUT2D eigenvalue weighted by Gasteiger charge is 2.62. The van der Waals surface area contributed by atoms with Gasteiger partial charge in [0.05, 0.1) is 37.6 Å². The molecule has 3 aromatic carbocycles. The Labute approximate surface area is 341 Å². The Morgan fingerprint density at radius 2 is 1.83 bits per heavy atom. The zero-order valence-corrected chi connectivity index (χ0v) is 34.5. The molecule has 7 aliphatic rings. The van der Waals surface area contributed by atoms with Crippen LogP contribution in [-0.4, -0.2) is 108 Å². The van der Waals surface area contributed by atoms with E-state index in [9.17, 15) is 20.3 Å². The molecule has 7 atom stereocenters. The molecule has 7 aliphatic heterocycles. The molecule has 2 saturated heterocycles. The van der Waals surface area contributed by atoms with Crippen molar-refractivity contribution in [2.45, 2.75) is 88.0 Å². The van der Waals surface area contributed by atoms with Gasteiger partial charge in [-0.3, -0.25) is 19.5 Å². The van der Waals surface area contributed by atoms with Crippen LogP contribution in [0.25, 0.3) is 0 Å². The molecule has 2 fully saturated rings. The van der Waals surface area contributed by atoms with Crippen LogP contribution in [0, 0.1) is 25.2 Å². The van der Waals surface area contributed by atoms with E-state index in [2.05, 4.69) is 33.8 Å². The number of nitrogens with zero attached hydrogens (tertiary/aromatic N) is 4. The number of phenols is 2. The molecule has 10 rings (SSSR count). The summed E-state index contributed by atoms with van der Waals surface area (Å²) in [5.41, 5.74) is 4.62. The highest BCUT2D eigenvalue weighted by atomic mass is 32.2. The minimum Gasteiger partial charge on any atom is -0.504 e. The average molecular weight is 813 g/mol. The van der Waals surface area contributed by atoms with Gasteiger partial charge in [-0.15, -0.1) is 11.8 Å². The largest absolute Gasteiger partial charge is 0.504 e. The molecular weight excluding hydrogens is 765 g/mol. The van der Waals surface area contributed by atoms with Crippen molar-refractivity contribution in [2.24, 2.45) is 0 Å². The second-order valence-electron chi connectivity index (χ2n) is 16.1. The van der Waals surface area contributed by atoms with E-state index in [1.807, 2.05) is 20.9 Å². The van der Waals surface area contributed by atoms with E-state index in [-0.39, 0.29) is 42.4 Å². The smallest absolute Gasteiger partial charge is 0.332 e. The zero-order chi connectivity index (χ0) is 40.9. The topological polar surface area (TPSA) is 163 Å². The highest BCUT2D eigenvalue weighted by Crippen LogP contribution is 2.65. The summed E-state index contributed by atoms with van der Waals surface area (Å²) in [7, 11) is 5.03. The summed E-state index contributed by atoms with van der Waals surface area (Å²) >= 11 is 1.53. The van der Waals surface area contributed by atoms with Gasteiger partial charge in [0.1, 0.15) is 18.4 Å². The predicted octanol–water partition coefficient (Wildman–Crippen LogP) is 5.11. The number of ether oxygens (including phenoxy) is 6. The van der Waals surface area contributed by atoms with E-state index in [0.717, 1.165) is 23.1 Å². The first-order chi connectivity index (χ1) is 27.9. The number of aromatic hydroxyl groups is 2. The molecule has 1 spiro atoms. The van der Waals surface area contributed by atoms with E-state index in [1.165, 1.54) is 25.8 Å². The lowest BCUT2D eigenvalue weighted by atomic mass is 9.71. The number of nitriles is 1. The number of piperazine rings is 1. The van der Waals surface area contributed by atoms with Gasteiger partial charge in [0.25, 0.3) is 0 Å². The van der Waals surface area contributed by atoms with Gasteiger partial charge in [-0.2, -0.15) is 5.26 Å². The Balaban J connectivity index is 1.35. The molecule has 4 bridgehead atoms. The lowest BCUT2D eigenvalue weighted by Gasteiger charge is -2.62. The number of hydrogen-bond acceptors (Lipinski definition) is 15. The molecule has 3 aromatic rings. The third-order valence-corrected chi connectivity index (χ3v) is 14.7. The van der Waals surface area contributed by atoms with Crippen LogP contribution in [0.15, 0.2) is 18.2 Å². The molecule has 0 amide bonds. The van der Waals surface area contributed by atoms with Crippen LogP contribution in [0.2, 0.25) is 0 Å². The highest BCUT2D eigenvalue weighted by molar-refractivity contribution is 7.99. The fraction of sp³-hybridized carbons (Fsp3) is 0.512. The predicted molar refractivity (Wildman–Crippen MR) is 212 cm³/mol. The van der Waals surface area contributed by atoms with Crippen LogP contribution in [-0.2, 0) is 32.7 Å². The van der Waals surface area contributed by atoms with E-state index < -0.39 is 46.9 Å². The van der Waals surface area contributed by atoms with Crippen molar-refractivity contribution < 1.29 is 48.2 Å². The van der Waals surface area contributed by atoms with E-state index in [1.54, 1.807) is 19.2 Å². The van der Waals surface area contributed by atoms with Gasteiger partial charge in [0.2, 0.25) is 6.79 Å². The summed E-state index contributed by atoms with van der Waals surface area (Å²) in [6, 6.07) is 5.42. The maximum absolute atomic E-state index is 15.3. The van der Waals surface area contributed by atoms with Crippen LogP contribution >= 0.6 is 11.8 Å². The second kappa shape index (κ2) is 14.1. The number of likely N-dealkylation sites (N-methyl/N-ethyl adjacent to an activating group) is 1. The SMILES string of the molecule is CCCN1CCc2cc(O)c(OC)cc2[C@@]12CS[C@@H]1c3c(OC(C)=O)c(C)c4c(c3[C@H](COC2=O)N2C1[C@H]1c3c(cc(C)c(OC)c3O)C[C@@H]([C@@H]2C#N)N1C)OCO4. The standard InChI is InChI=1S/C43H48N4O10S/c1-8-10-46-11-9-23-14-29(49)30(52-6)15-25(23)43(46)18-58-41-33-32(40-39(55-19-56-40)21(3)38(33)57-22(4)48)28(17-54-42(43)51)47-27(16-44)26-13-24-12-20(2)37(53-7)36(50)31(24)34(35(41)47)45(26)5/h12,14-15,26-28,34-35,41,49-50H,8-11,13,17-19H2,1-7H3/t26-,27-,28-,34+,35?,41+,43+/m0/s1. The number of esters is 2. The van der Waals surface area contributed by atoms with Crippen molar-refractivity contribution >= 4 is 23.7 Å². The van der Waals surface area contributed by atoms with Crippen LogP contribution < -0.4 is 23.7 Å². The molecule has 1 unspecified atom stereocenters. The van der Waals surface area contributed by atoms with Gasteiger partial charge < -0.3 is 38.6 Å². The van der Waals surface area contributed by atoms with Gasteiger partial charge in [0.15, 0.2) is 40.0 Å². The Hall–Kier alpha value is -4.88. The fourth-order valence-electron chi connectivity index (χ4n) is 10.9. The van der Waals surface area contributed by atoms with Gasteiger partial charge in [-0.25, -0.2) is 4.79 Å². The first-order valence-corrected chi connectivity index (χ1v) is 20.8. The van der Waals surface area contributed by atoms with Gasteiger partial charge in [0, 0.05) is 53.6 Å². The quantitative estimate of drug-likeness (QED) is 0.258. The van der Waals surface area contributed by atoms with E-state index >= 15 is 4.79 Å². The second-order valence-corrected chi connectivity index (χ2v) is 17.2. The molecule has 0 aromatic heterocycles. The molecule has 0 aliphatic carbocycles. The molecule has 58 heavy (non-hydrogen) atoms. The van der Waals surface area contributed by atoms with Crippen molar-refractivity contribution in [3.05, 3.63) is 62.7 Å². The maximum Gasteiger partial charge on any atom is 0.332 e. The Morgan fingerprint density at radius 1 is 1.05 bits per heavy atom. The van der Waals surface area contributed by atoms with Crippen LogP contribution in [0.3, 0.4) is 0 Å². The van der Waals surface area contributed by atoms with Gasteiger partial charge in [-0.1, -0.05) is 13.0 Å². The Kier molecular flexibility index (Phi) is 9.42. The first-order valence-electron chi connectivity index (χ1n) is 19.8. The molecule has 306 valence electrons. The molecule has 14 nitrogen and oxygen atoms in total. The van der Waals surface area contributed by atoms with Crippen LogP contribution in [0.4, 0.5) is 0 Å². The monoisotopic (exact) mass is 812 g/mol. The summed E-state index contributed by atoms with van der Waals surface area (Å²) in [5.74, 6) is 1.16. The van der Waals surface area contributed by atoms with Crippen molar-refractivity contribution in [1.82, 2.24) is 14.7 Å². The lowest BCUT2D eigenvalue weighted by Crippen LogP contribution is -2.69. The molecule has 15 heteroatoms. The van der Waals surface area contributed by atoms with Crippen LogP contribution in [0.5, 0.6) is 40.2 Å². The molecule has 2 N–H and O–H groups in total. The van der Waals surface area contributed by atoms with Crippen LogP contribution in [0.1, 0.15) is 82.1 Å². The normalized spacial score (nSPS) is 28.4. The fourth-order valence-corrected chi connectivity index (χ4v) is 12.7. The van der Waals surface area contributed by atoms with Crippen molar-refractivity contribution in [2.75, 3.05) is 53.5 Å². The number of rotatable bonds is 5. The third-order valence-electron chi connectivity index (χ3n) is 13.3. The van der Waals surface area contributed by atoms with Gasteiger partial charge in [-0.05, 0) is 81.1 Å². The molecular formula is C43H48N4O10S. The number of carbonyl (C=O) groups excluding carboxylic acids is 2. The summed E-state index contributed by atoms with van der Waals surface area (Å²) < 4.78 is 36.6. The number of methoxy groups -OCH3 is 2. The maximum atomic E-state index is 15.3. The summed E-state index contributed by atoms with van der Waals surface area (Å²) in [6.45, 7) is 8.11. The number of benzene rings is 3. The van der Waals surface area contributed by atoms with E-state index in [0.29, 0.717) is 76.7 Å². The minimum atomic E-state index is -1.31. The first kappa shape index (κ1) is 38.6. The summed E-state index contributed by atoms with van der Waals surface area (Å²) in [5, 5.41) is 33.7. The molecule has 7 heterocycles. The number of hydrogen-bond donors (Lipinski definition) is 2. The number of carbonyl (C=O) groups is 2. The van der Waals surface area contributed by atoms with Crippen molar-refractivity contribution in [3.63, 3.8) is 0 Å². The van der Waals surface area contributed by atoms with Crippen molar-refractivity contribution in [3.8, 4) is 46.3 Å². The van der Waals surface area contributed by atoms with Crippen molar-refractivity contribution in [1.29, 1.82) is 5.26 Å². The number of aryl methyl sites for hydroxylation is 1. The number of thioether (sulfide) groups is 1. The summed E-state index contributed by atoms with van der Waals surface area (Å²) in [4.78, 5) is 34.9. The number of fused-ring (bicyclic) bond motifs is 9. The summed E-state index contributed by atoms with van der Waals surface area (Å²) in [6.07, 6.45) is 1.86. The zero-order valence-electron chi connectivity index (χ0n) is 33.7. The van der Waals surface area contributed by atoms with E-state index in [4.69, 9.17) is 28.4 Å².